The van der Waals surface area contributed by atoms with Gasteiger partial charge in [-0.05, 0) is 25.1 Å². The molecule has 0 bridgehead atoms. The van der Waals surface area contributed by atoms with Gasteiger partial charge in [0.05, 0.1) is 17.3 Å². The minimum atomic E-state index is -1.07. The number of halogens is 1. The molecule has 0 fully saturated rings. The van der Waals surface area contributed by atoms with Gasteiger partial charge in [0, 0.05) is 23.4 Å². The molecule has 31 heavy (non-hydrogen) atoms. The summed E-state index contributed by atoms with van der Waals surface area (Å²) in [6.07, 6.45) is 15.2. The van der Waals surface area contributed by atoms with Crippen LogP contribution in [-0.2, 0) is 4.74 Å². The Labute approximate surface area is 182 Å². The van der Waals surface area contributed by atoms with Crippen molar-refractivity contribution in [3.8, 4) is 5.75 Å². The number of nitrogens with zero attached hydrogens (tertiary/aromatic N) is 1. The first-order valence-corrected chi connectivity index (χ1v) is 10.1. The maximum absolute atomic E-state index is 13.4. The topological polar surface area (TPSA) is 51.6 Å². The van der Waals surface area contributed by atoms with Gasteiger partial charge in [-0.15, -0.1) is 0 Å². The summed E-state index contributed by atoms with van der Waals surface area (Å²) in [6.45, 7) is 4.89. The summed E-state index contributed by atoms with van der Waals surface area (Å²) >= 11 is 0. The molecule has 0 saturated carbocycles. The van der Waals surface area contributed by atoms with E-state index in [1.54, 1.807) is 18.2 Å². The molecular weight excluding hydrogens is 393 g/mol. The van der Waals surface area contributed by atoms with E-state index in [-0.39, 0.29) is 12.9 Å². The average Bonchev–Trinajstić information content (AvgIpc) is 2.74. The van der Waals surface area contributed by atoms with E-state index in [0.717, 1.165) is 22.2 Å². The number of benzene rings is 1. The van der Waals surface area contributed by atoms with Crippen LogP contribution in [0.15, 0.2) is 97.4 Å². The number of para-hydroxylation sites is 1. The predicted molar refractivity (Wildman–Crippen MR) is 123 cm³/mol. The number of hydrogen-bond donors (Lipinski definition) is 1. The number of allylic oxidation sites excluding steroid dienone is 8. The van der Waals surface area contributed by atoms with Gasteiger partial charge in [-0.25, -0.2) is 9.37 Å². The normalized spacial score (nSPS) is 20.7. The maximum Gasteiger partial charge on any atom is 0.144 e. The van der Waals surface area contributed by atoms with Crippen LogP contribution in [0.5, 0.6) is 5.75 Å². The van der Waals surface area contributed by atoms with Crippen LogP contribution in [0.1, 0.15) is 19.0 Å². The second kappa shape index (κ2) is 11.2. The Hall–Kier alpha value is -3.28. The number of aliphatic hydroxyl groups is 1. The van der Waals surface area contributed by atoms with Gasteiger partial charge in [0.25, 0.3) is 0 Å². The van der Waals surface area contributed by atoms with Crippen LogP contribution in [0.25, 0.3) is 16.5 Å². The van der Waals surface area contributed by atoms with Gasteiger partial charge in [0.1, 0.15) is 24.5 Å². The van der Waals surface area contributed by atoms with Crippen LogP contribution >= 0.6 is 0 Å². The third-order valence-electron chi connectivity index (χ3n) is 4.55. The van der Waals surface area contributed by atoms with E-state index in [9.17, 15) is 4.39 Å². The first kappa shape index (κ1) is 22.4. The number of pyridine rings is 1. The predicted octanol–water partition coefficient (Wildman–Crippen LogP) is 5.83. The lowest BCUT2D eigenvalue weighted by atomic mass is 10.1. The first-order chi connectivity index (χ1) is 15.1. The minimum absolute atomic E-state index is 0.271. The molecule has 0 radical (unpaired) electrons. The molecule has 5 heteroatoms. The second-order valence-corrected chi connectivity index (χ2v) is 6.93. The first-order valence-electron chi connectivity index (χ1n) is 10.1. The molecule has 1 aromatic carbocycles. The van der Waals surface area contributed by atoms with Gasteiger partial charge in [-0.3, -0.25) is 0 Å². The van der Waals surface area contributed by atoms with E-state index in [2.05, 4.69) is 6.58 Å². The third-order valence-corrected chi connectivity index (χ3v) is 4.55. The molecule has 1 heterocycles. The molecule has 0 spiro atoms. The van der Waals surface area contributed by atoms with Gasteiger partial charge in [-0.2, -0.15) is 0 Å². The smallest absolute Gasteiger partial charge is 0.144 e. The molecule has 4 nitrogen and oxygen atoms in total. The molecule has 0 saturated heterocycles. The standard InChI is InChI=1S/C26H26FNO3/c1-3-8-20(16-15-19(2)27)25-17-26(23-13-4-5-14-24(23)28-25)31-22-11-6-9-21(30-18-29)10-7-12-22/h3-11,13-17,19,21,29H,1,12,18H2,2H3/b9-6?,10-7-,16-15-,20-8+,22-11+. The largest absolute Gasteiger partial charge is 0.461 e. The van der Waals surface area contributed by atoms with Crippen LogP contribution in [-0.4, -0.2) is 29.2 Å². The minimum Gasteiger partial charge on any atom is -0.461 e. The molecular formula is C26H26FNO3. The molecule has 2 unspecified atom stereocenters. The van der Waals surface area contributed by atoms with Gasteiger partial charge in [0.15, 0.2) is 0 Å². The molecule has 2 atom stereocenters. The number of ether oxygens (including phenoxy) is 2. The number of hydrogen-bond acceptors (Lipinski definition) is 4. The van der Waals surface area contributed by atoms with Crippen LogP contribution < -0.4 is 4.74 Å². The van der Waals surface area contributed by atoms with Gasteiger partial charge >= 0.3 is 0 Å². The number of aromatic nitrogens is 1. The highest BCUT2D eigenvalue weighted by molar-refractivity contribution is 5.88. The molecule has 1 N–H and O–H groups in total. The van der Waals surface area contributed by atoms with Crippen molar-refractivity contribution in [3.05, 3.63) is 103 Å². The molecule has 160 valence electrons. The zero-order valence-corrected chi connectivity index (χ0v) is 17.4. The fraction of sp³-hybridized carbons (Fsp3) is 0.192. The number of aliphatic hydroxyl groups excluding tert-OH is 1. The summed E-state index contributed by atoms with van der Waals surface area (Å²) in [5.74, 6) is 1.41. The van der Waals surface area contributed by atoms with Gasteiger partial charge in [-0.1, -0.05) is 67.3 Å². The number of alkyl halides is 1. The summed E-state index contributed by atoms with van der Waals surface area (Å²) < 4.78 is 24.8. The van der Waals surface area contributed by atoms with Crippen molar-refractivity contribution < 1.29 is 19.0 Å². The molecule has 0 aliphatic heterocycles. The fourth-order valence-corrected chi connectivity index (χ4v) is 3.10. The molecule has 1 aromatic heterocycles. The van der Waals surface area contributed by atoms with Crippen molar-refractivity contribution in [2.24, 2.45) is 0 Å². The number of fused-ring (bicyclic) bond motifs is 1. The van der Waals surface area contributed by atoms with E-state index < -0.39 is 6.17 Å². The lowest BCUT2D eigenvalue weighted by Gasteiger charge is -2.15. The quantitative estimate of drug-likeness (QED) is 0.332. The molecule has 1 aliphatic carbocycles. The van der Waals surface area contributed by atoms with E-state index in [4.69, 9.17) is 19.6 Å². The van der Waals surface area contributed by atoms with Crippen LogP contribution in [0.4, 0.5) is 4.39 Å². The lowest BCUT2D eigenvalue weighted by molar-refractivity contribution is -0.0138. The molecule has 2 aromatic rings. The van der Waals surface area contributed by atoms with Crippen molar-refractivity contribution in [2.45, 2.75) is 25.6 Å². The summed E-state index contributed by atoms with van der Waals surface area (Å²) in [5, 5.41) is 9.81. The second-order valence-electron chi connectivity index (χ2n) is 6.93. The maximum atomic E-state index is 13.4. The zero-order chi connectivity index (χ0) is 22.1. The fourth-order valence-electron chi connectivity index (χ4n) is 3.10. The van der Waals surface area contributed by atoms with Gasteiger partial charge in [0.2, 0.25) is 0 Å². The van der Waals surface area contributed by atoms with Crippen molar-refractivity contribution in [2.75, 3.05) is 6.79 Å². The third kappa shape index (κ3) is 6.35. The van der Waals surface area contributed by atoms with E-state index >= 15 is 0 Å². The summed E-state index contributed by atoms with van der Waals surface area (Å²) in [6, 6.07) is 9.58. The Bertz CT molecular complexity index is 1060. The Morgan fingerprint density at radius 1 is 1.35 bits per heavy atom. The SMILES string of the molecule is C=C/C=C(\C=C/C(C)F)c1cc(O/C2=C/C=CC(OCO)/C=C\C2)c2ccccc2n1. The van der Waals surface area contributed by atoms with E-state index in [1.807, 2.05) is 60.7 Å². The van der Waals surface area contributed by atoms with Crippen LogP contribution in [0, 0.1) is 0 Å². The van der Waals surface area contributed by atoms with E-state index in [0.29, 0.717) is 17.9 Å². The lowest BCUT2D eigenvalue weighted by Crippen LogP contribution is -2.08. The van der Waals surface area contributed by atoms with Crippen LogP contribution in [0.2, 0.25) is 0 Å². The number of rotatable bonds is 8. The summed E-state index contributed by atoms with van der Waals surface area (Å²) in [5.41, 5.74) is 2.19. The van der Waals surface area contributed by atoms with Crippen LogP contribution in [0.3, 0.4) is 0 Å². The zero-order valence-electron chi connectivity index (χ0n) is 17.4. The Balaban J connectivity index is 1.99. The van der Waals surface area contributed by atoms with Gasteiger partial charge < -0.3 is 14.6 Å². The van der Waals surface area contributed by atoms with Crippen molar-refractivity contribution >= 4 is 16.5 Å². The Morgan fingerprint density at radius 2 is 2.19 bits per heavy atom. The van der Waals surface area contributed by atoms with E-state index in [1.165, 1.54) is 13.0 Å². The summed E-state index contributed by atoms with van der Waals surface area (Å²) in [7, 11) is 0. The van der Waals surface area contributed by atoms with Crippen molar-refractivity contribution in [3.63, 3.8) is 0 Å². The highest BCUT2D eigenvalue weighted by Crippen LogP contribution is 2.31. The Morgan fingerprint density at radius 3 is 2.97 bits per heavy atom. The highest BCUT2D eigenvalue weighted by Gasteiger charge is 2.11. The Kier molecular flexibility index (Phi) is 8.10. The summed E-state index contributed by atoms with van der Waals surface area (Å²) in [4.78, 5) is 4.73. The average molecular weight is 419 g/mol. The molecule has 3 rings (SSSR count). The highest BCUT2D eigenvalue weighted by atomic mass is 19.1. The molecule has 1 aliphatic rings. The van der Waals surface area contributed by atoms with Crippen molar-refractivity contribution in [1.82, 2.24) is 4.98 Å². The monoisotopic (exact) mass is 419 g/mol. The molecule has 0 amide bonds. The van der Waals surface area contributed by atoms with Crippen molar-refractivity contribution in [1.29, 1.82) is 0 Å².